The average Bonchev–Trinajstić information content (AvgIpc) is 3.42. The lowest BCUT2D eigenvalue weighted by molar-refractivity contribution is -0.0383. The van der Waals surface area contributed by atoms with Crippen LogP contribution in [-0.2, 0) is 13.6 Å². The smallest absolute Gasteiger partial charge is 0.247 e. The molecule has 0 aliphatic carbocycles. The molecule has 218 valence electrons. The topological polar surface area (TPSA) is 92.6 Å². The lowest BCUT2D eigenvalue weighted by Crippen LogP contribution is -2.48. The minimum atomic E-state index is -2.06. The molecule has 2 aromatic rings. The van der Waals surface area contributed by atoms with Crippen LogP contribution in [0.1, 0.15) is 54.2 Å². The van der Waals surface area contributed by atoms with Crippen molar-refractivity contribution in [2.24, 2.45) is 0 Å². The molecular weight excluding hydrogens is 527 g/mol. The van der Waals surface area contributed by atoms with Crippen molar-refractivity contribution in [3.05, 3.63) is 31.6 Å². The number of hydrogen-bond acceptors (Lipinski definition) is 8. The predicted octanol–water partition coefficient (Wildman–Crippen LogP) is 6.69. The summed E-state index contributed by atoms with van der Waals surface area (Å²) >= 11 is 0. The normalized spacial score (nSPS) is 20.8. The number of nitrogens with zero attached hydrogens (tertiary/aromatic N) is 4. The summed E-state index contributed by atoms with van der Waals surface area (Å²) in [5.74, 6) is 0.836. The van der Waals surface area contributed by atoms with Gasteiger partial charge < -0.3 is 23.6 Å². The Morgan fingerprint density at radius 2 is 1.72 bits per heavy atom. The Labute approximate surface area is 236 Å². The number of fused-ring (bicyclic) bond motifs is 1. The Bertz CT molecular complexity index is 1150. The number of nitrogens with one attached hydrogen (secondary N) is 1. The van der Waals surface area contributed by atoms with E-state index in [1.165, 1.54) is 0 Å². The highest BCUT2D eigenvalue weighted by Gasteiger charge is 2.47. The molecule has 3 heterocycles. The first-order chi connectivity index (χ1) is 18.0. The molecule has 11 heteroatoms. The highest BCUT2D eigenvalue weighted by molar-refractivity contribution is 6.74. The van der Waals surface area contributed by atoms with Crippen LogP contribution in [0.4, 0.5) is 5.95 Å². The number of hydrogen-bond donors (Lipinski definition) is 1. The minimum absolute atomic E-state index is 0.0773. The van der Waals surface area contributed by atoms with E-state index in [2.05, 4.69) is 96.2 Å². The second kappa shape index (κ2) is 11.8. The van der Waals surface area contributed by atoms with Gasteiger partial charge >= 0.3 is 0 Å². The summed E-state index contributed by atoms with van der Waals surface area (Å²) in [4.78, 5) is 13.9. The van der Waals surface area contributed by atoms with Gasteiger partial charge in [-0.15, -0.1) is 6.58 Å². The SMILES string of the molecule is C=CCNc1nc(OCC=C)c2ncn([C@@H]3C[C@@H](O[Si](C)(C)C(C)(C)C)[C@H](CO[Si](C)(C)C(C)(C)C)O3)c2n1. The Morgan fingerprint density at radius 1 is 1.05 bits per heavy atom. The van der Waals surface area contributed by atoms with E-state index < -0.39 is 16.6 Å². The zero-order chi connectivity index (χ0) is 29.2. The molecule has 1 N–H and O–H groups in total. The Morgan fingerprint density at radius 3 is 2.31 bits per heavy atom. The van der Waals surface area contributed by atoms with Crippen LogP contribution in [0.15, 0.2) is 31.6 Å². The molecule has 1 fully saturated rings. The van der Waals surface area contributed by atoms with Crippen molar-refractivity contribution in [2.45, 2.75) is 103 Å². The number of rotatable bonds is 12. The fraction of sp³-hybridized carbons (Fsp3) is 0.679. The summed E-state index contributed by atoms with van der Waals surface area (Å²) in [6.07, 6.45) is 5.24. The van der Waals surface area contributed by atoms with Crippen molar-refractivity contribution in [3.8, 4) is 5.88 Å². The van der Waals surface area contributed by atoms with Crippen molar-refractivity contribution in [1.29, 1.82) is 0 Å². The van der Waals surface area contributed by atoms with Gasteiger partial charge in [0.25, 0.3) is 0 Å². The van der Waals surface area contributed by atoms with E-state index in [1.807, 2.05) is 4.57 Å². The molecule has 3 rings (SSSR count). The third kappa shape index (κ3) is 7.18. The molecule has 1 saturated heterocycles. The van der Waals surface area contributed by atoms with E-state index in [0.717, 1.165) is 0 Å². The third-order valence-electron chi connectivity index (χ3n) is 8.29. The van der Waals surface area contributed by atoms with Gasteiger partial charge in [0.1, 0.15) is 18.9 Å². The fourth-order valence-electron chi connectivity index (χ4n) is 3.79. The molecule has 0 unspecified atom stereocenters. The van der Waals surface area contributed by atoms with Crippen LogP contribution >= 0.6 is 0 Å². The summed E-state index contributed by atoms with van der Waals surface area (Å²) in [6, 6.07) is 0. The number of imidazole rings is 1. The molecule has 9 nitrogen and oxygen atoms in total. The fourth-order valence-corrected chi connectivity index (χ4v) is 6.16. The monoisotopic (exact) mass is 575 g/mol. The van der Waals surface area contributed by atoms with Crippen LogP contribution in [0, 0.1) is 0 Å². The largest absolute Gasteiger partial charge is 0.472 e. The van der Waals surface area contributed by atoms with Crippen LogP contribution in [0.2, 0.25) is 36.3 Å². The molecule has 0 aromatic carbocycles. The van der Waals surface area contributed by atoms with Gasteiger partial charge in [-0.2, -0.15) is 9.97 Å². The van der Waals surface area contributed by atoms with Crippen LogP contribution in [-0.4, -0.2) is 68.1 Å². The van der Waals surface area contributed by atoms with Crippen LogP contribution in [0.5, 0.6) is 5.88 Å². The summed E-state index contributed by atoms with van der Waals surface area (Å²) in [5, 5.41) is 3.35. The highest BCUT2D eigenvalue weighted by atomic mass is 28.4. The van der Waals surface area contributed by atoms with Gasteiger partial charge in [0.2, 0.25) is 11.8 Å². The minimum Gasteiger partial charge on any atom is -0.472 e. The van der Waals surface area contributed by atoms with Gasteiger partial charge in [-0.3, -0.25) is 4.57 Å². The van der Waals surface area contributed by atoms with E-state index in [9.17, 15) is 0 Å². The molecule has 0 amide bonds. The van der Waals surface area contributed by atoms with E-state index in [-0.39, 0.29) is 28.5 Å². The summed E-state index contributed by atoms with van der Waals surface area (Å²) < 4.78 is 28.1. The quantitative estimate of drug-likeness (QED) is 0.221. The van der Waals surface area contributed by atoms with Gasteiger partial charge in [-0.25, -0.2) is 4.98 Å². The first-order valence-corrected chi connectivity index (χ1v) is 19.6. The van der Waals surface area contributed by atoms with Crippen LogP contribution in [0.3, 0.4) is 0 Å². The van der Waals surface area contributed by atoms with Gasteiger partial charge in [-0.05, 0) is 36.3 Å². The summed E-state index contributed by atoms with van der Waals surface area (Å²) in [7, 11) is -4.04. The lowest BCUT2D eigenvalue weighted by Gasteiger charge is -2.40. The maximum Gasteiger partial charge on any atom is 0.247 e. The molecular formula is C28H49N5O4Si2. The zero-order valence-corrected chi connectivity index (χ0v) is 27.6. The Hall–Kier alpha value is -2.06. The molecule has 3 atom stereocenters. The zero-order valence-electron chi connectivity index (χ0n) is 25.6. The van der Waals surface area contributed by atoms with E-state index in [1.54, 1.807) is 18.5 Å². The standard InChI is InChI=1S/C28H49N5O4Si2/c1-13-15-29-26-31-24-23(25(32-26)34-16-14-2)30-19-33(24)22-17-20(37-39(11,12)28(6,7)8)21(36-22)18-35-38(9,10)27(3,4)5/h13-14,19-22H,1-2,15-18H2,3-12H3,(H,29,31,32)/t20-,21+,22+/m1/s1. The summed E-state index contributed by atoms with van der Waals surface area (Å²) in [5.41, 5.74) is 1.21. The van der Waals surface area contributed by atoms with Crippen molar-refractivity contribution < 1.29 is 18.3 Å². The van der Waals surface area contributed by atoms with Crippen LogP contribution in [0.25, 0.3) is 11.2 Å². The van der Waals surface area contributed by atoms with Gasteiger partial charge in [-0.1, -0.05) is 60.3 Å². The van der Waals surface area contributed by atoms with Crippen molar-refractivity contribution in [3.63, 3.8) is 0 Å². The third-order valence-corrected chi connectivity index (χ3v) is 17.3. The van der Waals surface area contributed by atoms with Gasteiger partial charge in [0.15, 0.2) is 27.8 Å². The Balaban J connectivity index is 1.97. The molecule has 1 aliphatic heterocycles. The van der Waals surface area contributed by atoms with Gasteiger partial charge in [0.05, 0.1) is 19.0 Å². The molecule has 0 bridgehead atoms. The predicted molar refractivity (Wildman–Crippen MR) is 163 cm³/mol. The first kappa shape index (κ1) is 31.5. The van der Waals surface area contributed by atoms with Crippen molar-refractivity contribution in [2.75, 3.05) is 25.1 Å². The maximum absolute atomic E-state index is 6.94. The number of anilines is 1. The molecule has 0 saturated carbocycles. The molecule has 1 aliphatic rings. The van der Waals surface area contributed by atoms with Crippen molar-refractivity contribution >= 4 is 33.7 Å². The maximum atomic E-state index is 6.94. The second-order valence-electron chi connectivity index (χ2n) is 13.3. The second-order valence-corrected chi connectivity index (χ2v) is 22.9. The lowest BCUT2D eigenvalue weighted by atomic mass is 10.2. The summed E-state index contributed by atoms with van der Waals surface area (Å²) in [6.45, 7) is 31.5. The number of ether oxygens (including phenoxy) is 2. The van der Waals surface area contributed by atoms with E-state index >= 15 is 0 Å². The van der Waals surface area contributed by atoms with Crippen LogP contribution < -0.4 is 10.1 Å². The van der Waals surface area contributed by atoms with Gasteiger partial charge in [0, 0.05) is 13.0 Å². The highest BCUT2D eigenvalue weighted by Crippen LogP contribution is 2.43. The Kier molecular flexibility index (Phi) is 9.54. The average molecular weight is 576 g/mol. The molecule has 39 heavy (non-hydrogen) atoms. The molecule has 0 spiro atoms. The molecule has 2 aromatic heterocycles. The number of aromatic nitrogens is 4. The van der Waals surface area contributed by atoms with Crippen molar-refractivity contribution in [1.82, 2.24) is 19.5 Å². The molecule has 0 radical (unpaired) electrons. The first-order valence-electron chi connectivity index (χ1n) is 13.8. The van der Waals surface area contributed by atoms with E-state index in [4.69, 9.17) is 23.3 Å². The van der Waals surface area contributed by atoms with E-state index in [0.29, 0.717) is 49.2 Å².